The molecule has 0 atom stereocenters. The third kappa shape index (κ3) is 2.26. The van der Waals surface area contributed by atoms with Crippen LogP contribution in [0.3, 0.4) is 0 Å². The zero-order valence-corrected chi connectivity index (χ0v) is 9.99. The molecule has 1 aromatic carbocycles. The minimum atomic E-state index is -0.0740. The maximum Gasteiger partial charge on any atom is 0.171 e. The molecule has 0 heterocycles. The molecular formula is C15H14O2. The van der Waals surface area contributed by atoms with Crippen LogP contribution in [0.15, 0.2) is 47.1 Å². The van der Waals surface area contributed by atoms with Crippen LogP contribution in [0.1, 0.15) is 25.8 Å². The Kier molecular flexibility index (Phi) is 3.05. The minimum Gasteiger partial charge on any atom is -0.294 e. The summed E-state index contributed by atoms with van der Waals surface area (Å²) in [7, 11) is 0. The van der Waals surface area contributed by atoms with Gasteiger partial charge < -0.3 is 0 Å². The topological polar surface area (TPSA) is 34.1 Å². The molecule has 2 heteroatoms. The highest BCUT2D eigenvalue weighted by atomic mass is 16.2. The number of hydrogen-bond donors (Lipinski definition) is 0. The Morgan fingerprint density at radius 1 is 1.06 bits per heavy atom. The monoisotopic (exact) mass is 226 g/mol. The summed E-state index contributed by atoms with van der Waals surface area (Å²) in [6, 6.07) is 9.59. The average molecular weight is 226 g/mol. The Bertz CT molecular complexity index is 529. The van der Waals surface area contributed by atoms with E-state index in [9.17, 15) is 9.59 Å². The maximum absolute atomic E-state index is 11.8. The van der Waals surface area contributed by atoms with E-state index in [-0.39, 0.29) is 18.0 Å². The number of hydrogen-bond acceptors (Lipinski definition) is 2. The Balaban J connectivity index is 2.51. The molecule has 1 aliphatic rings. The van der Waals surface area contributed by atoms with Crippen LogP contribution < -0.4 is 0 Å². The smallest absolute Gasteiger partial charge is 0.171 e. The molecule has 2 nitrogen and oxygen atoms in total. The molecule has 0 amide bonds. The van der Waals surface area contributed by atoms with Crippen LogP contribution in [0.25, 0.3) is 6.08 Å². The molecule has 86 valence electrons. The summed E-state index contributed by atoms with van der Waals surface area (Å²) in [4.78, 5) is 23.5. The van der Waals surface area contributed by atoms with E-state index in [1.807, 2.05) is 44.2 Å². The van der Waals surface area contributed by atoms with Gasteiger partial charge in [-0.25, -0.2) is 0 Å². The van der Waals surface area contributed by atoms with Crippen LogP contribution >= 0.6 is 0 Å². The average Bonchev–Trinajstić information content (AvgIpc) is 2.55. The SMILES string of the molecule is CC(C)=C1C(=O)CC(=O)/C1=C/c1ccccc1. The van der Waals surface area contributed by atoms with Crippen LogP contribution in [-0.2, 0) is 9.59 Å². The molecule has 1 aliphatic carbocycles. The first-order chi connectivity index (χ1) is 8.09. The van der Waals surface area contributed by atoms with Crippen LogP contribution in [0, 0.1) is 0 Å². The predicted octanol–water partition coefficient (Wildman–Crippen LogP) is 2.95. The van der Waals surface area contributed by atoms with E-state index < -0.39 is 0 Å². The normalized spacial score (nSPS) is 18.0. The first-order valence-electron chi connectivity index (χ1n) is 5.60. The van der Waals surface area contributed by atoms with Gasteiger partial charge in [-0.1, -0.05) is 35.9 Å². The lowest BCUT2D eigenvalue weighted by molar-refractivity contribution is -0.120. The minimum absolute atomic E-state index is 0.0131. The fourth-order valence-corrected chi connectivity index (χ4v) is 2.04. The molecule has 0 spiro atoms. The quantitative estimate of drug-likeness (QED) is 0.545. The second kappa shape index (κ2) is 4.50. The third-order valence-corrected chi connectivity index (χ3v) is 2.78. The molecule has 1 fully saturated rings. The second-order valence-electron chi connectivity index (χ2n) is 4.37. The standard InChI is InChI=1S/C15H14O2/c1-10(2)15-12(13(16)9-14(15)17)8-11-6-4-3-5-7-11/h3-8H,9H2,1-2H3/b12-8-. The summed E-state index contributed by atoms with van der Waals surface area (Å²) in [5, 5.41) is 0. The number of benzene rings is 1. The lowest BCUT2D eigenvalue weighted by Gasteiger charge is -2.01. The highest BCUT2D eigenvalue weighted by molar-refractivity contribution is 6.29. The summed E-state index contributed by atoms with van der Waals surface area (Å²) in [5.41, 5.74) is 3.01. The van der Waals surface area contributed by atoms with E-state index in [2.05, 4.69) is 0 Å². The van der Waals surface area contributed by atoms with Crippen LogP contribution in [-0.4, -0.2) is 11.6 Å². The van der Waals surface area contributed by atoms with Gasteiger partial charge >= 0.3 is 0 Å². The highest BCUT2D eigenvalue weighted by Gasteiger charge is 2.31. The zero-order valence-electron chi connectivity index (χ0n) is 9.99. The summed E-state index contributed by atoms with van der Waals surface area (Å²) in [6.45, 7) is 3.73. The summed E-state index contributed by atoms with van der Waals surface area (Å²) in [6.07, 6.45) is 1.81. The Morgan fingerprint density at radius 3 is 2.29 bits per heavy atom. The van der Waals surface area contributed by atoms with Crippen LogP contribution in [0.2, 0.25) is 0 Å². The number of Topliss-reactive ketones (excluding diaryl/α,β-unsaturated/α-hetero) is 2. The van der Waals surface area contributed by atoms with Gasteiger partial charge in [0.15, 0.2) is 11.6 Å². The lowest BCUT2D eigenvalue weighted by Crippen LogP contribution is -1.95. The Labute approximate surface area is 101 Å². The van der Waals surface area contributed by atoms with Crippen molar-refractivity contribution in [1.29, 1.82) is 0 Å². The van der Waals surface area contributed by atoms with Crippen molar-refractivity contribution in [3.63, 3.8) is 0 Å². The molecule has 0 aromatic heterocycles. The lowest BCUT2D eigenvalue weighted by atomic mass is 10.0. The van der Waals surface area contributed by atoms with Crippen molar-refractivity contribution in [3.8, 4) is 0 Å². The number of carbonyl (C=O) groups is 2. The van der Waals surface area contributed by atoms with E-state index >= 15 is 0 Å². The largest absolute Gasteiger partial charge is 0.294 e. The molecule has 0 unspecified atom stereocenters. The summed E-state index contributed by atoms with van der Waals surface area (Å²) in [5.74, 6) is -0.132. The molecule has 0 N–H and O–H groups in total. The molecule has 0 bridgehead atoms. The second-order valence-corrected chi connectivity index (χ2v) is 4.37. The van der Waals surface area contributed by atoms with Gasteiger partial charge in [0, 0.05) is 11.1 Å². The van der Waals surface area contributed by atoms with Gasteiger partial charge in [0.05, 0.1) is 6.42 Å². The van der Waals surface area contributed by atoms with Crippen molar-refractivity contribution in [2.45, 2.75) is 20.3 Å². The fraction of sp³-hybridized carbons (Fsp3) is 0.200. The molecule has 17 heavy (non-hydrogen) atoms. The van der Waals surface area contributed by atoms with Gasteiger partial charge in [0.1, 0.15) is 0 Å². The fourth-order valence-electron chi connectivity index (χ4n) is 2.04. The van der Waals surface area contributed by atoms with Crippen molar-refractivity contribution in [3.05, 3.63) is 52.6 Å². The number of rotatable bonds is 1. The van der Waals surface area contributed by atoms with Crippen molar-refractivity contribution >= 4 is 17.6 Å². The first kappa shape index (κ1) is 11.5. The maximum atomic E-state index is 11.8. The summed E-state index contributed by atoms with van der Waals surface area (Å²) < 4.78 is 0. The molecular weight excluding hydrogens is 212 g/mol. The van der Waals surface area contributed by atoms with E-state index in [1.165, 1.54) is 0 Å². The third-order valence-electron chi connectivity index (χ3n) is 2.78. The molecule has 2 rings (SSSR count). The van der Waals surface area contributed by atoms with Gasteiger partial charge in [0.25, 0.3) is 0 Å². The summed E-state index contributed by atoms with van der Waals surface area (Å²) >= 11 is 0. The van der Waals surface area contributed by atoms with E-state index in [4.69, 9.17) is 0 Å². The first-order valence-corrected chi connectivity index (χ1v) is 5.60. The van der Waals surface area contributed by atoms with Crippen LogP contribution in [0.5, 0.6) is 0 Å². The van der Waals surface area contributed by atoms with Gasteiger partial charge in [0.2, 0.25) is 0 Å². The number of allylic oxidation sites excluding steroid dienone is 3. The number of ketones is 2. The van der Waals surface area contributed by atoms with Crippen molar-refractivity contribution in [2.75, 3.05) is 0 Å². The number of carbonyl (C=O) groups excluding carboxylic acids is 2. The molecule has 0 saturated heterocycles. The van der Waals surface area contributed by atoms with Gasteiger partial charge in [-0.15, -0.1) is 0 Å². The van der Waals surface area contributed by atoms with E-state index in [0.29, 0.717) is 11.1 Å². The predicted molar refractivity (Wildman–Crippen MR) is 67.4 cm³/mol. The molecule has 0 radical (unpaired) electrons. The van der Waals surface area contributed by atoms with Crippen molar-refractivity contribution in [1.82, 2.24) is 0 Å². The van der Waals surface area contributed by atoms with E-state index in [0.717, 1.165) is 11.1 Å². The van der Waals surface area contributed by atoms with Gasteiger partial charge in [-0.2, -0.15) is 0 Å². The van der Waals surface area contributed by atoms with E-state index in [1.54, 1.807) is 6.08 Å². The molecule has 1 saturated carbocycles. The van der Waals surface area contributed by atoms with Crippen molar-refractivity contribution < 1.29 is 9.59 Å². The molecule has 0 aliphatic heterocycles. The Morgan fingerprint density at radius 2 is 1.71 bits per heavy atom. The highest BCUT2D eigenvalue weighted by Crippen LogP contribution is 2.28. The van der Waals surface area contributed by atoms with Gasteiger partial charge in [-0.3, -0.25) is 9.59 Å². The van der Waals surface area contributed by atoms with Gasteiger partial charge in [-0.05, 0) is 25.5 Å². The molecule has 1 aromatic rings. The van der Waals surface area contributed by atoms with Crippen LogP contribution in [0.4, 0.5) is 0 Å². The Hall–Kier alpha value is -1.96. The van der Waals surface area contributed by atoms with Crippen molar-refractivity contribution in [2.24, 2.45) is 0 Å². The zero-order chi connectivity index (χ0) is 12.4.